The molecular weight excluding hydrogens is 1200 g/mol. The second-order valence-electron chi connectivity index (χ2n) is 19.8. The van der Waals surface area contributed by atoms with Gasteiger partial charge in [0.2, 0.25) is 11.8 Å². The molecule has 2 N–H and O–H groups in total. The van der Waals surface area contributed by atoms with Crippen molar-refractivity contribution in [2.75, 3.05) is 33.3 Å². The average Bonchev–Trinajstić information content (AvgIpc) is 3.96. The van der Waals surface area contributed by atoms with Crippen molar-refractivity contribution >= 4 is 68.3 Å². The molecule has 81 heavy (non-hydrogen) atoms. The largest absolute Gasteiger partial charge is 0.494 e. The highest BCUT2D eigenvalue weighted by atomic mass is 79.9. The van der Waals surface area contributed by atoms with E-state index in [1.54, 1.807) is 60.9 Å². The summed E-state index contributed by atoms with van der Waals surface area (Å²) < 4.78 is 61.3. The minimum Gasteiger partial charge on any atom is -0.494 e. The lowest BCUT2D eigenvalue weighted by molar-refractivity contribution is -0.127. The first-order chi connectivity index (χ1) is 38.6. The molecule has 13 nitrogen and oxygen atoms in total. The molecule has 1 atom stereocenters. The highest BCUT2D eigenvalue weighted by Gasteiger charge is 2.49. The molecule has 20 heteroatoms. The van der Waals surface area contributed by atoms with Gasteiger partial charge in [0, 0.05) is 92.0 Å². The summed E-state index contributed by atoms with van der Waals surface area (Å²) in [6.07, 6.45) is 8.34. The van der Waals surface area contributed by atoms with Gasteiger partial charge in [0.25, 0.3) is 5.91 Å². The van der Waals surface area contributed by atoms with Crippen molar-refractivity contribution in [3.05, 3.63) is 221 Å². The summed E-state index contributed by atoms with van der Waals surface area (Å²) in [5.74, 6) is 2.90. The number of fused-ring (bicyclic) bond motifs is 4. The van der Waals surface area contributed by atoms with E-state index in [0.29, 0.717) is 36.2 Å². The van der Waals surface area contributed by atoms with Gasteiger partial charge in [-0.15, -0.1) is 12.4 Å². The third-order valence-electron chi connectivity index (χ3n) is 14.2. The third-order valence-corrected chi connectivity index (χ3v) is 15.1. The molecule has 5 aliphatic heterocycles. The van der Waals surface area contributed by atoms with Gasteiger partial charge >= 0.3 is 0 Å². The molecule has 7 aromatic rings. The van der Waals surface area contributed by atoms with Gasteiger partial charge in [0.05, 0.1) is 30.5 Å². The Bertz CT molecular complexity index is 3500. The number of hydrogen-bond donors (Lipinski definition) is 2. The fourth-order valence-corrected chi connectivity index (χ4v) is 10.5. The van der Waals surface area contributed by atoms with Crippen LogP contribution in [0.1, 0.15) is 83.2 Å². The lowest BCUT2D eigenvalue weighted by atomic mass is 9.85. The first kappa shape index (κ1) is 59.9. The fraction of sp³-hybridized carbons (Fsp3) is 0.262. The molecule has 12 rings (SSSR count). The van der Waals surface area contributed by atoms with E-state index in [2.05, 4.69) is 79.1 Å². The molecule has 0 radical (unpaired) electrons. The van der Waals surface area contributed by atoms with Gasteiger partial charge in [-0.2, -0.15) is 0 Å². The van der Waals surface area contributed by atoms with Gasteiger partial charge in [-0.1, -0.05) is 36.1 Å². The zero-order valence-electron chi connectivity index (χ0n) is 43.9. The van der Waals surface area contributed by atoms with Crippen molar-refractivity contribution in [2.45, 2.75) is 65.0 Å². The summed E-state index contributed by atoms with van der Waals surface area (Å²) in [6, 6.07) is 29.2. The quantitative estimate of drug-likeness (QED) is 0.0648. The first-order valence-electron chi connectivity index (χ1n) is 25.8. The highest BCUT2D eigenvalue weighted by Crippen LogP contribution is 2.36. The van der Waals surface area contributed by atoms with E-state index in [-0.39, 0.29) is 60.7 Å². The molecule has 1 fully saturated rings. The number of carbonyl (C=O) groups is 4. The predicted octanol–water partition coefficient (Wildman–Crippen LogP) is 10.1. The number of nitrogens with zero attached hydrogens (tertiary/aromatic N) is 6. The minimum absolute atomic E-state index is 0. The standard InChI is InChI=1S/C31H26F2N4O4.C15H14BrFN2.C9H10FN.C6H4BrNO.ClH/c1-41-25-7-4-21-16-37(29(39)27(21)28(25)33)18-31(13-26(38)35-30(31)40)10-8-19-2-6-24(34-14-19)17-36-11-9-20-3-5-23(32)12-22(20)15-36;16-13-2-4-15(18-8-13)10-19-6-5-11-1-3-14(17)7-12(11)9-19;10-9-2-1-7-3-4-11-6-8(7)5-9;7-5-1-2-6(4-9)8-3-5;/h2-7,12,14H,9,11,13,15-18H2,1H3,(H,35,38,40);1-4,7-8H,5-6,9-10H2;1-2,5,11H,3-4,6H2;1-4H;1H/t31-;;;;/m1..../s1. The van der Waals surface area contributed by atoms with Crippen LogP contribution in [0.5, 0.6) is 5.75 Å². The number of ether oxygens (including phenoxy) is 1. The van der Waals surface area contributed by atoms with Crippen LogP contribution in [-0.4, -0.2) is 86.9 Å². The number of imide groups is 1. The highest BCUT2D eigenvalue weighted by molar-refractivity contribution is 9.10. The Morgan fingerprint density at radius 2 is 1.23 bits per heavy atom. The number of carbonyl (C=O) groups excluding carboxylic acids is 4. The van der Waals surface area contributed by atoms with Crippen molar-refractivity contribution in [2.24, 2.45) is 5.41 Å². The van der Waals surface area contributed by atoms with Gasteiger partial charge in [-0.3, -0.25) is 49.2 Å². The van der Waals surface area contributed by atoms with Crippen LogP contribution < -0.4 is 15.4 Å². The Morgan fingerprint density at radius 1 is 0.667 bits per heavy atom. The van der Waals surface area contributed by atoms with Crippen LogP contribution in [-0.2, 0) is 68.1 Å². The maximum absolute atomic E-state index is 14.8. The van der Waals surface area contributed by atoms with E-state index in [1.165, 1.54) is 41.3 Å². The monoisotopic (exact) mass is 1250 g/mol. The first-order valence-corrected chi connectivity index (χ1v) is 27.3. The van der Waals surface area contributed by atoms with Gasteiger partial charge in [-0.25, -0.2) is 17.6 Å². The summed E-state index contributed by atoms with van der Waals surface area (Å²) in [4.78, 5) is 66.8. The van der Waals surface area contributed by atoms with Crippen LogP contribution in [0.4, 0.5) is 17.6 Å². The number of methoxy groups -OCH3 is 1. The zero-order valence-corrected chi connectivity index (χ0v) is 47.9. The van der Waals surface area contributed by atoms with E-state index in [1.807, 2.05) is 42.6 Å². The molecule has 0 unspecified atom stereocenters. The summed E-state index contributed by atoms with van der Waals surface area (Å²) in [6.45, 7) is 6.40. The molecule has 0 spiro atoms. The van der Waals surface area contributed by atoms with Crippen LogP contribution in [0.2, 0.25) is 0 Å². The molecule has 5 aliphatic rings. The van der Waals surface area contributed by atoms with E-state index in [0.717, 1.165) is 101 Å². The summed E-state index contributed by atoms with van der Waals surface area (Å²) >= 11 is 6.58. The van der Waals surface area contributed by atoms with Gasteiger partial charge in [-0.05, 0) is 175 Å². The predicted molar refractivity (Wildman–Crippen MR) is 306 cm³/mol. The maximum atomic E-state index is 14.8. The normalized spacial score (nSPS) is 16.8. The molecule has 8 heterocycles. The zero-order chi connectivity index (χ0) is 56.3. The van der Waals surface area contributed by atoms with Gasteiger partial charge in [0.1, 0.15) is 28.6 Å². The summed E-state index contributed by atoms with van der Waals surface area (Å²) in [5, 5.41) is 5.49. The number of benzene rings is 4. The number of aldehydes is 1. The number of halogens is 7. The van der Waals surface area contributed by atoms with E-state index in [4.69, 9.17) is 4.74 Å². The second kappa shape index (κ2) is 27.5. The average molecular weight is 1250 g/mol. The second-order valence-corrected chi connectivity index (χ2v) is 21.6. The van der Waals surface area contributed by atoms with Gasteiger partial charge in [0.15, 0.2) is 17.9 Å². The molecule has 0 bridgehead atoms. The summed E-state index contributed by atoms with van der Waals surface area (Å²) in [5.41, 5.74) is 8.65. The molecule has 4 aromatic carbocycles. The number of rotatable bonds is 8. The van der Waals surface area contributed by atoms with Gasteiger partial charge < -0.3 is 15.0 Å². The van der Waals surface area contributed by atoms with Crippen LogP contribution >= 0.6 is 44.3 Å². The van der Waals surface area contributed by atoms with E-state index < -0.39 is 29.0 Å². The Morgan fingerprint density at radius 3 is 1.77 bits per heavy atom. The number of pyridine rings is 3. The molecule has 0 saturated carbocycles. The minimum atomic E-state index is -1.48. The Kier molecular flexibility index (Phi) is 20.4. The number of amides is 3. The third kappa shape index (κ3) is 15.4. The van der Waals surface area contributed by atoms with Crippen molar-refractivity contribution in [3.8, 4) is 17.6 Å². The fourth-order valence-electron chi connectivity index (χ4n) is 10.0. The van der Waals surface area contributed by atoms with Crippen LogP contribution in [0.3, 0.4) is 0 Å². The molecule has 3 amide bonds. The Balaban J connectivity index is 0.000000175. The van der Waals surface area contributed by atoms with Crippen molar-refractivity contribution in [1.82, 2.24) is 40.3 Å². The Hall–Kier alpha value is -7.18. The molecule has 418 valence electrons. The smallest absolute Gasteiger partial charge is 0.257 e. The molecule has 3 aromatic heterocycles. The van der Waals surface area contributed by atoms with Crippen molar-refractivity contribution < 1.29 is 41.5 Å². The van der Waals surface area contributed by atoms with Crippen LogP contribution in [0.15, 0.2) is 131 Å². The molecule has 0 aliphatic carbocycles. The lowest BCUT2D eigenvalue weighted by Gasteiger charge is -2.28. The summed E-state index contributed by atoms with van der Waals surface area (Å²) in [7, 11) is 1.32. The SMILES string of the molecule is COc1ccc2c(c1F)C(=O)N(C[C@@]1(C#Cc3ccc(CN4CCc5ccc(F)cc5C4)nc3)CC(=O)NC1=O)C2.Cl.Fc1ccc2c(c1)CN(Cc1ccc(Br)cn1)CC2.Fc1ccc2c(c1)CNCC2.O=Cc1ccc(Br)cn1. The van der Waals surface area contributed by atoms with E-state index in [9.17, 15) is 36.7 Å². The molecule has 1 saturated heterocycles. The number of nitrogens with one attached hydrogen (secondary N) is 2. The number of hydrogen-bond acceptors (Lipinski definition) is 11. The topological polar surface area (TPSA) is 150 Å². The van der Waals surface area contributed by atoms with Crippen LogP contribution in [0.25, 0.3) is 0 Å². The van der Waals surface area contributed by atoms with Crippen molar-refractivity contribution in [3.63, 3.8) is 0 Å². The Labute approximate surface area is 489 Å². The van der Waals surface area contributed by atoms with E-state index >= 15 is 0 Å². The van der Waals surface area contributed by atoms with Crippen LogP contribution in [0, 0.1) is 40.5 Å². The van der Waals surface area contributed by atoms with Crippen molar-refractivity contribution in [1.29, 1.82) is 0 Å². The number of aromatic nitrogens is 3. The lowest BCUT2D eigenvalue weighted by Crippen LogP contribution is -2.42. The molecular formula is C61H55Br2ClF4N8O5. The maximum Gasteiger partial charge on any atom is 0.257 e.